The van der Waals surface area contributed by atoms with Crippen molar-refractivity contribution in [2.45, 2.75) is 18.9 Å². The van der Waals surface area contributed by atoms with Crippen molar-refractivity contribution in [3.63, 3.8) is 0 Å². The zero-order valence-corrected chi connectivity index (χ0v) is 13.1. The second-order valence-corrected chi connectivity index (χ2v) is 5.85. The smallest absolute Gasteiger partial charge is 0.287 e. The Morgan fingerprint density at radius 3 is 2.88 bits per heavy atom. The highest BCUT2D eigenvalue weighted by atomic mass is 16.6. The Balaban J connectivity index is 1.67. The summed E-state index contributed by atoms with van der Waals surface area (Å²) in [5, 5.41) is 10.8. The van der Waals surface area contributed by atoms with E-state index in [2.05, 4.69) is 16.0 Å². The second kappa shape index (κ2) is 5.99. The molecule has 4 rings (SSSR count). The first-order valence-corrected chi connectivity index (χ1v) is 7.99. The van der Waals surface area contributed by atoms with E-state index in [1.165, 1.54) is 12.3 Å². The van der Waals surface area contributed by atoms with Gasteiger partial charge in [-0.05, 0) is 25.0 Å². The highest BCUT2D eigenvalue weighted by Gasteiger charge is 2.31. The Kier molecular flexibility index (Phi) is 3.68. The molecule has 1 atom stereocenters. The number of pyridine rings is 1. The molecule has 0 bridgehead atoms. The molecular weight excluding hydrogens is 310 g/mol. The molecular formula is C17H17N3O4. The zero-order chi connectivity index (χ0) is 16.5. The highest BCUT2D eigenvalue weighted by Crippen LogP contribution is 2.44. The number of para-hydroxylation sites is 1. The molecule has 0 spiro atoms. The van der Waals surface area contributed by atoms with Gasteiger partial charge in [-0.15, -0.1) is 0 Å². The molecule has 1 unspecified atom stereocenters. The number of aromatic nitrogens is 1. The van der Waals surface area contributed by atoms with Gasteiger partial charge in [0, 0.05) is 18.2 Å². The number of benzene rings is 1. The molecule has 2 aromatic rings. The van der Waals surface area contributed by atoms with E-state index in [1.807, 2.05) is 12.1 Å². The van der Waals surface area contributed by atoms with Crippen molar-refractivity contribution in [2.24, 2.45) is 0 Å². The average molecular weight is 327 g/mol. The maximum Gasteiger partial charge on any atom is 0.287 e. The van der Waals surface area contributed by atoms with Crippen LogP contribution in [0.15, 0.2) is 36.5 Å². The van der Waals surface area contributed by atoms with Gasteiger partial charge >= 0.3 is 0 Å². The second-order valence-electron chi connectivity index (χ2n) is 5.85. The maximum atomic E-state index is 10.8. The third kappa shape index (κ3) is 2.51. The van der Waals surface area contributed by atoms with E-state index in [-0.39, 0.29) is 11.7 Å². The first-order chi connectivity index (χ1) is 11.7. The van der Waals surface area contributed by atoms with Crippen molar-refractivity contribution in [2.75, 3.05) is 24.7 Å². The minimum Gasteiger partial charge on any atom is -0.486 e. The van der Waals surface area contributed by atoms with Crippen LogP contribution in [0.4, 0.5) is 11.5 Å². The van der Waals surface area contributed by atoms with E-state index in [0.717, 1.165) is 42.3 Å². The molecule has 0 radical (unpaired) electrons. The monoisotopic (exact) mass is 327 g/mol. The summed E-state index contributed by atoms with van der Waals surface area (Å²) in [5.74, 6) is 2.34. The van der Waals surface area contributed by atoms with Crippen molar-refractivity contribution >= 4 is 11.5 Å². The van der Waals surface area contributed by atoms with Crippen LogP contribution in [-0.2, 0) is 0 Å². The number of nitrogens with zero attached hydrogens (tertiary/aromatic N) is 3. The Bertz CT molecular complexity index is 763. The lowest BCUT2D eigenvalue weighted by molar-refractivity contribution is -0.385. The molecule has 7 nitrogen and oxygen atoms in total. The van der Waals surface area contributed by atoms with Gasteiger partial charge in [0.05, 0.1) is 11.0 Å². The van der Waals surface area contributed by atoms with Crippen molar-refractivity contribution in [3.05, 3.63) is 52.2 Å². The van der Waals surface area contributed by atoms with Crippen molar-refractivity contribution < 1.29 is 14.4 Å². The molecule has 1 aromatic heterocycles. The van der Waals surface area contributed by atoms with Crippen LogP contribution < -0.4 is 14.4 Å². The van der Waals surface area contributed by atoms with Crippen LogP contribution in [0.25, 0.3) is 0 Å². The summed E-state index contributed by atoms with van der Waals surface area (Å²) in [5.41, 5.74) is 1.09. The summed E-state index contributed by atoms with van der Waals surface area (Å²) in [4.78, 5) is 16.8. The van der Waals surface area contributed by atoms with E-state index in [0.29, 0.717) is 13.2 Å². The zero-order valence-electron chi connectivity index (χ0n) is 13.1. The van der Waals surface area contributed by atoms with E-state index in [4.69, 9.17) is 9.47 Å². The number of ether oxygens (including phenoxy) is 2. The molecule has 0 N–H and O–H groups in total. The van der Waals surface area contributed by atoms with Gasteiger partial charge in [-0.2, -0.15) is 0 Å². The summed E-state index contributed by atoms with van der Waals surface area (Å²) in [6.07, 6.45) is 3.33. The van der Waals surface area contributed by atoms with Crippen LogP contribution in [-0.4, -0.2) is 29.7 Å². The van der Waals surface area contributed by atoms with Gasteiger partial charge in [0.25, 0.3) is 5.69 Å². The minimum atomic E-state index is -0.434. The van der Waals surface area contributed by atoms with Gasteiger partial charge in [0.1, 0.15) is 25.2 Å². The fraction of sp³-hybridized carbons (Fsp3) is 0.353. The Morgan fingerprint density at radius 1 is 1.21 bits per heavy atom. The highest BCUT2D eigenvalue weighted by molar-refractivity contribution is 5.54. The van der Waals surface area contributed by atoms with Gasteiger partial charge in [-0.1, -0.05) is 12.1 Å². The fourth-order valence-corrected chi connectivity index (χ4v) is 3.38. The Morgan fingerprint density at radius 2 is 2.08 bits per heavy atom. The van der Waals surface area contributed by atoms with Crippen LogP contribution in [0.5, 0.6) is 11.5 Å². The van der Waals surface area contributed by atoms with Gasteiger partial charge in [-0.3, -0.25) is 10.1 Å². The lowest BCUT2D eigenvalue weighted by atomic mass is 10.0. The fourth-order valence-electron chi connectivity index (χ4n) is 3.38. The van der Waals surface area contributed by atoms with Crippen molar-refractivity contribution in [1.82, 2.24) is 4.98 Å². The maximum absolute atomic E-state index is 10.8. The van der Waals surface area contributed by atoms with Crippen LogP contribution in [0, 0.1) is 10.1 Å². The van der Waals surface area contributed by atoms with Gasteiger partial charge < -0.3 is 14.4 Å². The lowest BCUT2D eigenvalue weighted by Crippen LogP contribution is -2.25. The topological polar surface area (TPSA) is 77.7 Å². The molecule has 24 heavy (non-hydrogen) atoms. The molecule has 124 valence electrons. The molecule has 3 heterocycles. The normalized spacial score (nSPS) is 19.3. The van der Waals surface area contributed by atoms with E-state index >= 15 is 0 Å². The summed E-state index contributed by atoms with van der Waals surface area (Å²) >= 11 is 0. The number of nitro groups is 1. The minimum absolute atomic E-state index is 0.00307. The quantitative estimate of drug-likeness (QED) is 0.637. The summed E-state index contributed by atoms with van der Waals surface area (Å²) in [6.45, 7) is 1.97. The first kappa shape index (κ1) is 14.7. The van der Waals surface area contributed by atoms with E-state index in [9.17, 15) is 10.1 Å². The van der Waals surface area contributed by atoms with Crippen LogP contribution >= 0.6 is 0 Å². The van der Waals surface area contributed by atoms with Crippen LogP contribution in [0.2, 0.25) is 0 Å². The van der Waals surface area contributed by atoms with E-state index < -0.39 is 4.92 Å². The largest absolute Gasteiger partial charge is 0.486 e. The molecule has 2 aliphatic heterocycles. The molecule has 0 aliphatic carbocycles. The summed E-state index contributed by atoms with van der Waals surface area (Å²) < 4.78 is 11.5. The summed E-state index contributed by atoms with van der Waals surface area (Å²) in [7, 11) is 0. The first-order valence-electron chi connectivity index (χ1n) is 7.99. The molecule has 2 aliphatic rings. The van der Waals surface area contributed by atoms with Crippen LogP contribution in [0.1, 0.15) is 24.4 Å². The number of hydrogen-bond donors (Lipinski definition) is 0. The third-order valence-electron chi connectivity index (χ3n) is 4.45. The predicted octanol–water partition coefficient (Wildman–Crippen LogP) is 3.10. The molecule has 1 saturated heterocycles. The number of hydrogen-bond acceptors (Lipinski definition) is 6. The van der Waals surface area contributed by atoms with Gasteiger partial charge in [0.15, 0.2) is 11.5 Å². The molecule has 0 amide bonds. The van der Waals surface area contributed by atoms with Gasteiger partial charge in [0.2, 0.25) is 0 Å². The summed E-state index contributed by atoms with van der Waals surface area (Å²) in [6, 6.07) is 9.29. The van der Waals surface area contributed by atoms with Gasteiger partial charge in [-0.25, -0.2) is 4.98 Å². The molecule has 1 aromatic carbocycles. The predicted molar refractivity (Wildman–Crippen MR) is 87.6 cm³/mol. The number of fused-ring (bicyclic) bond motifs is 1. The molecule has 1 fully saturated rings. The lowest BCUT2D eigenvalue weighted by Gasteiger charge is -2.29. The van der Waals surface area contributed by atoms with E-state index in [1.54, 1.807) is 6.07 Å². The Hall–Kier alpha value is -2.83. The van der Waals surface area contributed by atoms with Crippen molar-refractivity contribution in [3.8, 4) is 11.5 Å². The number of rotatable bonds is 3. The SMILES string of the molecule is O=[N+]([O-])c1ccc(N2CCCC2c2cccc3c2OCCO3)nc1. The third-order valence-corrected chi connectivity index (χ3v) is 4.45. The molecule has 0 saturated carbocycles. The van der Waals surface area contributed by atoms with Crippen LogP contribution in [0.3, 0.4) is 0 Å². The standard InChI is InChI=1S/C17H17N3O4/c21-20(22)12-6-7-16(18-11-12)19-8-2-4-14(19)13-3-1-5-15-17(13)24-10-9-23-15/h1,3,5-7,11,14H,2,4,8-10H2. The molecule has 7 heteroatoms. The number of anilines is 1. The van der Waals surface area contributed by atoms with Crippen molar-refractivity contribution in [1.29, 1.82) is 0 Å². The average Bonchev–Trinajstić information content (AvgIpc) is 3.11. The Labute approximate surface area is 139 Å².